The van der Waals surface area contributed by atoms with Crippen molar-refractivity contribution < 1.29 is 13.2 Å². The SMILES string of the molecule is Nc1ccc(C(c2ccccc2)C(F)(F)F)cc1. The number of hydrogen-bond acceptors (Lipinski definition) is 1. The van der Waals surface area contributed by atoms with Gasteiger partial charge in [-0.25, -0.2) is 0 Å². The quantitative estimate of drug-likeness (QED) is 0.803. The standard InChI is InChI=1S/C14H12F3N/c15-14(16,17)13(10-4-2-1-3-5-10)11-6-8-12(18)9-7-11/h1-9,13H,18H2. The average molecular weight is 251 g/mol. The van der Waals surface area contributed by atoms with Crippen LogP contribution in [0.25, 0.3) is 0 Å². The minimum Gasteiger partial charge on any atom is -0.399 e. The summed E-state index contributed by atoms with van der Waals surface area (Å²) in [5, 5.41) is 0. The first kappa shape index (κ1) is 12.5. The smallest absolute Gasteiger partial charge is 0.399 e. The molecule has 0 saturated carbocycles. The second-order valence-corrected chi connectivity index (χ2v) is 4.05. The van der Waals surface area contributed by atoms with E-state index < -0.39 is 12.1 Å². The first-order valence-corrected chi connectivity index (χ1v) is 5.45. The Morgan fingerprint density at radius 3 is 1.78 bits per heavy atom. The van der Waals surface area contributed by atoms with Gasteiger partial charge in [-0.05, 0) is 23.3 Å². The fraction of sp³-hybridized carbons (Fsp3) is 0.143. The van der Waals surface area contributed by atoms with E-state index in [4.69, 9.17) is 5.73 Å². The van der Waals surface area contributed by atoms with E-state index in [1.807, 2.05) is 0 Å². The van der Waals surface area contributed by atoms with Crippen molar-refractivity contribution in [2.45, 2.75) is 12.1 Å². The van der Waals surface area contributed by atoms with Crippen molar-refractivity contribution in [3.05, 3.63) is 65.7 Å². The van der Waals surface area contributed by atoms with E-state index >= 15 is 0 Å². The van der Waals surface area contributed by atoms with Crippen LogP contribution >= 0.6 is 0 Å². The molecule has 0 aliphatic rings. The third-order valence-electron chi connectivity index (χ3n) is 2.73. The van der Waals surface area contributed by atoms with Crippen LogP contribution in [0.4, 0.5) is 18.9 Å². The van der Waals surface area contributed by atoms with Gasteiger partial charge in [0.25, 0.3) is 0 Å². The molecule has 0 heterocycles. The molecule has 0 spiro atoms. The molecule has 0 aliphatic heterocycles. The van der Waals surface area contributed by atoms with E-state index in [1.54, 1.807) is 18.2 Å². The van der Waals surface area contributed by atoms with Crippen molar-refractivity contribution in [2.75, 3.05) is 5.73 Å². The van der Waals surface area contributed by atoms with Crippen molar-refractivity contribution in [2.24, 2.45) is 0 Å². The lowest BCUT2D eigenvalue weighted by Crippen LogP contribution is -2.21. The Morgan fingerprint density at radius 1 is 0.778 bits per heavy atom. The summed E-state index contributed by atoms with van der Waals surface area (Å²) >= 11 is 0. The Balaban J connectivity index is 2.47. The molecule has 0 radical (unpaired) electrons. The molecule has 0 fully saturated rings. The molecule has 2 aromatic carbocycles. The highest BCUT2D eigenvalue weighted by molar-refractivity contribution is 5.43. The molecule has 94 valence electrons. The summed E-state index contributed by atoms with van der Waals surface area (Å²) < 4.78 is 39.5. The number of halogens is 3. The molecule has 2 rings (SSSR count). The molecule has 2 N–H and O–H groups in total. The molecule has 1 atom stereocenters. The van der Waals surface area contributed by atoms with Crippen molar-refractivity contribution in [3.8, 4) is 0 Å². The van der Waals surface area contributed by atoms with E-state index in [-0.39, 0.29) is 11.1 Å². The van der Waals surface area contributed by atoms with E-state index in [0.29, 0.717) is 5.69 Å². The van der Waals surface area contributed by atoms with Crippen molar-refractivity contribution >= 4 is 5.69 Å². The Kier molecular flexibility index (Phi) is 3.28. The lowest BCUT2D eigenvalue weighted by molar-refractivity contribution is -0.141. The van der Waals surface area contributed by atoms with Crippen LogP contribution in [-0.2, 0) is 0 Å². The lowest BCUT2D eigenvalue weighted by Gasteiger charge is -2.21. The number of anilines is 1. The fourth-order valence-corrected chi connectivity index (χ4v) is 1.90. The van der Waals surface area contributed by atoms with Gasteiger partial charge >= 0.3 is 6.18 Å². The number of rotatable bonds is 2. The molecule has 1 nitrogen and oxygen atoms in total. The number of nitrogens with two attached hydrogens (primary N) is 1. The Morgan fingerprint density at radius 2 is 1.28 bits per heavy atom. The van der Waals surface area contributed by atoms with Crippen LogP contribution in [0.15, 0.2) is 54.6 Å². The molecule has 0 saturated heterocycles. The van der Waals surface area contributed by atoms with Crippen molar-refractivity contribution in [3.63, 3.8) is 0 Å². The summed E-state index contributed by atoms with van der Waals surface area (Å²) in [7, 11) is 0. The predicted octanol–water partition coefficient (Wildman–Crippen LogP) is 3.96. The fourth-order valence-electron chi connectivity index (χ4n) is 1.90. The van der Waals surface area contributed by atoms with Crippen LogP contribution in [0, 0.1) is 0 Å². The molecular formula is C14H12F3N. The minimum atomic E-state index is -4.32. The van der Waals surface area contributed by atoms with E-state index in [9.17, 15) is 13.2 Å². The van der Waals surface area contributed by atoms with Crippen LogP contribution in [0.2, 0.25) is 0 Å². The maximum absolute atomic E-state index is 13.2. The van der Waals surface area contributed by atoms with Crippen LogP contribution in [0.3, 0.4) is 0 Å². The monoisotopic (exact) mass is 251 g/mol. The Bertz CT molecular complexity index is 503. The minimum absolute atomic E-state index is 0.197. The van der Waals surface area contributed by atoms with E-state index in [0.717, 1.165) is 0 Å². The topological polar surface area (TPSA) is 26.0 Å². The highest BCUT2D eigenvalue weighted by Gasteiger charge is 2.41. The Hall–Kier alpha value is -1.97. The van der Waals surface area contributed by atoms with Crippen LogP contribution in [0.1, 0.15) is 17.0 Å². The molecule has 0 bridgehead atoms. The molecule has 4 heteroatoms. The van der Waals surface area contributed by atoms with Gasteiger partial charge in [-0.2, -0.15) is 13.2 Å². The molecule has 18 heavy (non-hydrogen) atoms. The average Bonchev–Trinajstić information content (AvgIpc) is 2.32. The maximum Gasteiger partial charge on any atom is 0.399 e. The number of nitrogen functional groups attached to an aromatic ring is 1. The highest BCUT2D eigenvalue weighted by atomic mass is 19.4. The molecule has 1 unspecified atom stereocenters. The van der Waals surface area contributed by atoms with Gasteiger partial charge in [0.05, 0.1) is 0 Å². The van der Waals surface area contributed by atoms with Gasteiger partial charge in [-0.3, -0.25) is 0 Å². The first-order valence-electron chi connectivity index (χ1n) is 5.45. The zero-order chi connectivity index (χ0) is 13.2. The summed E-state index contributed by atoms with van der Waals surface area (Å²) in [5.41, 5.74) is 6.37. The zero-order valence-electron chi connectivity index (χ0n) is 9.48. The van der Waals surface area contributed by atoms with Gasteiger partial charge in [0.15, 0.2) is 0 Å². The van der Waals surface area contributed by atoms with Gasteiger partial charge in [-0.1, -0.05) is 42.5 Å². The van der Waals surface area contributed by atoms with Gasteiger partial charge in [-0.15, -0.1) is 0 Å². The molecule has 0 aliphatic carbocycles. The first-order chi connectivity index (χ1) is 8.48. The number of alkyl halides is 3. The van der Waals surface area contributed by atoms with Gasteiger partial charge in [0.2, 0.25) is 0 Å². The summed E-state index contributed by atoms with van der Waals surface area (Å²) in [6.45, 7) is 0. The number of hydrogen-bond donors (Lipinski definition) is 1. The third-order valence-corrected chi connectivity index (χ3v) is 2.73. The van der Waals surface area contributed by atoms with Gasteiger partial charge in [0, 0.05) is 5.69 Å². The molecule has 0 aromatic heterocycles. The van der Waals surface area contributed by atoms with Crippen molar-refractivity contribution in [1.29, 1.82) is 0 Å². The molecule has 2 aromatic rings. The van der Waals surface area contributed by atoms with Crippen LogP contribution < -0.4 is 5.73 Å². The van der Waals surface area contributed by atoms with E-state index in [1.165, 1.54) is 36.4 Å². The van der Waals surface area contributed by atoms with Crippen molar-refractivity contribution in [1.82, 2.24) is 0 Å². The van der Waals surface area contributed by atoms with Crippen LogP contribution in [0.5, 0.6) is 0 Å². The number of benzene rings is 2. The maximum atomic E-state index is 13.2. The summed E-state index contributed by atoms with van der Waals surface area (Å²) in [6.07, 6.45) is -4.32. The second-order valence-electron chi connectivity index (χ2n) is 4.05. The normalized spacial score (nSPS) is 13.3. The zero-order valence-corrected chi connectivity index (χ0v) is 9.48. The predicted molar refractivity (Wildman–Crippen MR) is 65.2 cm³/mol. The highest BCUT2D eigenvalue weighted by Crippen LogP contribution is 2.40. The largest absolute Gasteiger partial charge is 0.399 e. The second kappa shape index (κ2) is 4.72. The molecule has 0 amide bonds. The Labute approximate surface area is 103 Å². The summed E-state index contributed by atoms with van der Waals surface area (Å²) in [5.74, 6) is -1.61. The third kappa shape index (κ3) is 2.64. The summed E-state index contributed by atoms with van der Waals surface area (Å²) in [6, 6.07) is 13.7. The van der Waals surface area contributed by atoms with Gasteiger partial charge in [0.1, 0.15) is 5.92 Å². The van der Waals surface area contributed by atoms with Gasteiger partial charge < -0.3 is 5.73 Å². The van der Waals surface area contributed by atoms with Crippen LogP contribution in [-0.4, -0.2) is 6.18 Å². The molecular weight excluding hydrogens is 239 g/mol. The van der Waals surface area contributed by atoms with E-state index in [2.05, 4.69) is 0 Å². The lowest BCUT2D eigenvalue weighted by atomic mass is 9.91. The summed E-state index contributed by atoms with van der Waals surface area (Å²) in [4.78, 5) is 0.